The molecule has 2 heteroatoms. The predicted molar refractivity (Wildman–Crippen MR) is 129 cm³/mol. The van der Waals surface area contributed by atoms with Gasteiger partial charge in [0.25, 0.3) is 0 Å². The van der Waals surface area contributed by atoms with Gasteiger partial charge < -0.3 is 5.11 Å². The highest BCUT2D eigenvalue weighted by Gasteiger charge is 2.63. The van der Waals surface area contributed by atoms with E-state index in [-0.39, 0.29) is 16.7 Å². The summed E-state index contributed by atoms with van der Waals surface area (Å²) >= 11 is 0. The fraction of sp³-hybridized carbons (Fsp3) is 0.700. The number of aliphatic hydroxyl groups excluding tert-OH is 1. The van der Waals surface area contributed by atoms with Crippen molar-refractivity contribution in [3.63, 3.8) is 0 Å². The van der Waals surface area contributed by atoms with E-state index in [2.05, 4.69) is 51.0 Å². The maximum atomic E-state index is 12.4. The number of carbonyl (C=O) groups excluding carboxylic acids is 1. The summed E-state index contributed by atoms with van der Waals surface area (Å²) in [5, 5.41) is 11.6. The lowest BCUT2D eigenvalue weighted by molar-refractivity contribution is -0.148. The highest BCUT2D eigenvalue weighted by Crippen LogP contribution is 2.68. The van der Waals surface area contributed by atoms with E-state index in [0.29, 0.717) is 29.5 Å². The normalized spacial score (nSPS) is 47.6. The molecule has 0 aliphatic heterocycles. The van der Waals surface area contributed by atoms with Crippen LogP contribution in [0.15, 0.2) is 24.3 Å². The molecule has 9 atom stereocenters. The van der Waals surface area contributed by atoms with Crippen molar-refractivity contribution in [3.05, 3.63) is 35.4 Å². The minimum Gasteiger partial charge on any atom is -0.391 e. The number of aliphatic hydroxyl groups is 1. The highest BCUT2D eigenvalue weighted by molar-refractivity contribution is 5.79. The second-order valence-electron chi connectivity index (χ2n) is 12.3. The summed E-state index contributed by atoms with van der Waals surface area (Å²) in [5.74, 6) is 6.32. The van der Waals surface area contributed by atoms with Gasteiger partial charge in [-0.3, -0.25) is 4.79 Å². The second kappa shape index (κ2) is 7.46. The summed E-state index contributed by atoms with van der Waals surface area (Å²) < 4.78 is 0. The van der Waals surface area contributed by atoms with Crippen molar-refractivity contribution >= 4 is 5.78 Å². The smallest absolute Gasteiger partial charge is 0.133 e. The largest absolute Gasteiger partial charge is 0.391 e. The first-order valence-electron chi connectivity index (χ1n) is 12.9. The zero-order valence-electron chi connectivity index (χ0n) is 20.4. The molecule has 0 bridgehead atoms. The third kappa shape index (κ3) is 2.93. The Bertz CT molecular complexity index is 941. The van der Waals surface area contributed by atoms with Crippen LogP contribution in [-0.2, 0) is 10.2 Å². The molecule has 2 nitrogen and oxygen atoms in total. The number of ketones is 1. The van der Waals surface area contributed by atoms with Gasteiger partial charge in [0.1, 0.15) is 5.78 Å². The van der Waals surface area contributed by atoms with Crippen LogP contribution in [0.1, 0.15) is 83.3 Å². The molecule has 0 aromatic heterocycles. The minimum absolute atomic E-state index is 0.142. The zero-order chi connectivity index (χ0) is 22.9. The van der Waals surface area contributed by atoms with E-state index in [1.165, 1.54) is 37.7 Å². The van der Waals surface area contributed by atoms with Crippen LogP contribution in [0.5, 0.6) is 0 Å². The lowest BCUT2D eigenvalue weighted by atomic mass is 9.42. The summed E-state index contributed by atoms with van der Waals surface area (Å²) in [6.45, 7) is 8.79. The SMILES string of the molecule is C#C[C@@]1(c2ccc(C)cc2)C[C@H]2CC[C@@H]3[C@H](CC[C@]4(C)[C@@H](C(C)=O)CC[C@@H]34)[C@@]2(C)CC1O. The fourth-order valence-electron chi connectivity index (χ4n) is 9.37. The van der Waals surface area contributed by atoms with E-state index in [4.69, 9.17) is 6.42 Å². The van der Waals surface area contributed by atoms with Crippen molar-refractivity contribution in [1.82, 2.24) is 0 Å². The van der Waals surface area contributed by atoms with Crippen LogP contribution in [0.4, 0.5) is 0 Å². The van der Waals surface area contributed by atoms with Crippen LogP contribution in [0.25, 0.3) is 0 Å². The van der Waals surface area contributed by atoms with Crippen LogP contribution in [-0.4, -0.2) is 17.0 Å². The Kier molecular flexibility index (Phi) is 5.18. The zero-order valence-corrected chi connectivity index (χ0v) is 20.4. The van der Waals surface area contributed by atoms with Crippen molar-refractivity contribution in [1.29, 1.82) is 0 Å². The molecule has 5 rings (SSSR count). The van der Waals surface area contributed by atoms with E-state index in [1.54, 1.807) is 0 Å². The molecule has 1 aromatic carbocycles. The topological polar surface area (TPSA) is 37.3 Å². The van der Waals surface area contributed by atoms with Crippen molar-refractivity contribution in [3.8, 4) is 12.3 Å². The van der Waals surface area contributed by atoms with E-state index in [9.17, 15) is 9.90 Å². The summed E-state index contributed by atoms with van der Waals surface area (Å²) in [5.41, 5.74) is 2.10. The molecule has 1 aromatic rings. The Morgan fingerprint density at radius 3 is 2.34 bits per heavy atom. The van der Waals surface area contributed by atoms with E-state index >= 15 is 0 Å². The van der Waals surface area contributed by atoms with Crippen LogP contribution >= 0.6 is 0 Å². The maximum Gasteiger partial charge on any atom is 0.133 e. The first-order valence-corrected chi connectivity index (χ1v) is 12.9. The molecule has 4 saturated carbocycles. The van der Waals surface area contributed by atoms with Crippen molar-refractivity contribution < 1.29 is 9.90 Å². The number of hydrogen-bond donors (Lipinski definition) is 1. The average Bonchev–Trinajstić information content (AvgIpc) is 3.11. The van der Waals surface area contributed by atoms with Crippen molar-refractivity contribution in [2.24, 2.45) is 40.4 Å². The Hall–Kier alpha value is -1.59. The van der Waals surface area contributed by atoms with Crippen LogP contribution < -0.4 is 0 Å². The van der Waals surface area contributed by atoms with E-state index in [1.807, 2.05) is 6.92 Å². The molecule has 32 heavy (non-hydrogen) atoms. The molecule has 0 heterocycles. The number of benzene rings is 1. The fourth-order valence-corrected chi connectivity index (χ4v) is 9.37. The first kappa shape index (κ1) is 22.2. The third-order valence-corrected chi connectivity index (χ3v) is 11.2. The lowest BCUT2D eigenvalue weighted by Crippen LogP contribution is -2.59. The number of rotatable bonds is 2. The van der Waals surface area contributed by atoms with Crippen LogP contribution in [0.3, 0.4) is 0 Å². The highest BCUT2D eigenvalue weighted by atomic mass is 16.3. The van der Waals surface area contributed by atoms with Gasteiger partial charge in [0.2, 0.25) is 0 Å². The molecule has 0 amide bonds. The molecule has 0 saturated heterocycles. The van der Waals surface area contributed by atoms with Crippen LogP contribution in [0, 0.1) is 59.7 Å². The summed E-state index contributed by atoms with van der Waals surface area (Å²) in [6.07, 6.45) is 14.5. The Balaban J connectivity index is 1.45. The number of hydrogen-bond acceptors (Lipinski definition) is 2. The quantitative estimate of drug-likeness (QED) is 0.575. The second-order valence-corrected chi connectivity index (χ2v) is 12.3. The Labute approximate surface area is 194 Å². The average molecular weight is 433 g/mol. The van der Waals surface area contributed by atoms with E-state index in [0.717, 1.165) is 24.8 Å². The van der Waals surface area contributed by atoms with Gasteiger partial charge in [-0.25, -0.2) is 0 Å². The van der Waals surface area contributed by atoms with Crippen molar-refractivity contribution in [2.45, 2.75) is 90.6 Å². The standard InChI is InChI=1S/C30H40O2/c1-6-30(21-9-7-19(2)8-10-21)17-22-11-12-23-25-14-13-24(20(3)31)28(25,4)16-15-26(23)29(22,5)18-27(30)32/h1,7-10,22-27,32H,11-18H2,2-5H3/t22-,23+,24-,25+,26+,27?,28-,29+,30+/m1/s1. The van der Waals surface area contributed by atoms with Gasteiger partial charge in [0.15, 0.2) is 0 Å². The number of aryl methyl sites for hydroxylation is 1. The summed E-state index contributed by atoms with van der Waals surface area (Å²) in [4.78, 5) is 12.4. The molecule has 1 unspecified atom stereocenters. The van der Waals surface area contributed by atoms with Gasteiger partial charge in [0.05, 0.1) is 11.5 Å². The lowest BCUT2D eigenvalue weighted by Gasteiger charge is -2.63. The van der Waals surface area contributed by atoms with Gasteiger partial charge in [-0.15, -0.1) is 6.42 Å². The van der Waals surface area contributed by atoms with Crippen LogP contribution in [0.2, 0.25) is 0 Å². The van der Waals surface area contributed by atoms with Gasteiger partial charge >= 0.3 is 0 Å². The van der Waals surface area contributed by atoms with Gasteiger partial charge in [-0.05, 0) is 105 Å². The number of terminal acetylenes is 1. The molecule has 0 radical (unpaired) electrons. The molecule has 1 N–H and O–H groups in total. The number of Topliss-reactive ketones (excluding diaryl/α,β-unsaturated/α-hetero) is 1. The van der Waals surface area contributed by atoms with Gasteiger partial charge in [-0.2, -0.15) is 0 Å². The van der Waals surface area contributed by atoms with Crippen molar-refractivity contribution in [2.75, 3.05) is 0 Å². The Morgan fingerprint density at radius 2 is 1.69 bits per heavy atom. The number of fused-ring (bicyclic) bond motifs is 5. The summed E-state index contributed by atoms with van der Waals surface area (Å²) in [7, 11) is 0. The van der Waals surface area contributed by atoms with Gasteiger partial charge in [-0.1, -0.05) is 49.6 Å². The minimum atomic E-state index is -0.568. The Morgan fingerprint density at radius 1 is 1.00 bits per heavy atom. The predicted octanol–water partition coefficient (Wildman–Crippen LogP) is 6.08. The monoisotopic (exact) mass is 432 g/mol. The molecule has 0 spiro atoms. The maximum absolute atomic E-state index is 12.4. The van der Waals surface area contributed by atoms with E-state index < -0.39 is 11.5 Å². The molecule has 172 valence electrons. The van der Waals surface area contributed by atoms with Gasteiger partial charge in [0, 0.05) is 5.92 Å². The summed E-state index contributed by atoms with van der Waals surface area (Å²) in [6, 6.07) is 8.52. The first-order chi connectivity index (χ1) is 15.2. The molecular formula is C30H40O2. The molecule has 4 aliphatic rings. The molecular weight excluding hydrogens is 392 g/mol. The number of carbonyl (C=O) groups is 1. The third-order valence-electron chi connectivity index (χ3n) is 11.2. The molecule has 4 fully saturated rings. The molecule has 4 aliphatic carbocycles.